The monoisotopic (exact) mass is 508 g/mol. The molecule has 3 aromatic carbocycles. The predicted octanol–water partition coefficient (Wildman–Crippen LogP) is 5.77. The third-order valence-corrected chi connectivity index (χ3v) is 7.34. The molecule has 0 aliphatic heterocycles. The first-order valence-electron chi connectivity index (χ1n) is 12.7. The predicted molar refractivity (Wildman–Crippen MR) is 146 cm³/mol. The number of pyridine rings is 1. The lowest BCUT2D eigenvalue weighted by atomic mass is 9.93. The molecular weight excluding hydrogens is 480 g/mol. The molecule has 1 aliphatic rings. The van der Waals surface area contributed by atoms with Gasteiger partial charge in [0.2, 0.25) is 0 Å². The zero-order chi connectivity index (χ0) is 26.2. The van der Waals surface area contributed by atoms with Gasteiger partial charge in [-0.05, 0) is 72.2 Å². The van der Waals surface area contributed by atoms with Crippen molar-refractivity contribution in [3.05, 3.63) is 78.1 Å². The number of benzene rings is 3. The number of ether oxygens (including phenoxy) is 2. The molecule has 0 bridgehead atoms. The van der Waals surface area contributed by atoms with E-state index >= 15 is 0 Å². The van der Waals surface area contributed by atoms with Gasteiger partial charge >= 0.3 is 5.97 Å². The Morgan fingerprint density at radius 3 is 2.71 bits per heavy atom. The van der Waals surface area contributed by atoms with Crippen LogP contribution in [0, 0.1) is 0 Å². The van der Waals surface area contributed by atoms with Gasteiger partial charge in [-0.15, -0.1) is 0 Å². The van der Waals surface area contributed by atoms with Crippen LogP contribution in [0.3, 0.4) is 0 Å². The summed E-state index contributed by atoms with van der Waals surface area (Å²) in [6.07, 6.45) is 4.92. The minimum absolute atomic E-state index is 0.154. The van der Waals surface area contributed by atoms with Crippen LogP contribution in [0.2, 0.25) is 0 Å². The number of carbonyl (C=O) groups is 1. The fourth-order valence-corrected chi connectivity index (χ4v) is 5.15. The second-order valence-corrected chi connectivity index (χ2v) is 9.64. The van der Waals surface area contributed by atoms with Crippen molar-refractivity contribution in [3.8, 4) is 22.6 Å². The molecule has 0 unspecified atom stereocenters. The highest BCUT2D eigenvalue weighted by molar-refractivity contribution is 6.02. The van der Waals surface area contributed by atoms with Crippen LogP contribution in [-0.4, -0.2) is 33.0 Å². The lowest BCUT2D eigenvalue weighted by Crippen LogP contribution is -2.21. The molecule has 3 N–H and O–H groups in total. The van der Waals surface area contributed by atoms with Crippen molar-refractivity contribution in [2.24, 2.45) is 0 Å². The maximum absolute atomic E-state index is 11.5. The first-order chi connectivity index (χ1) is 18.5. The first-order valence-corrected chi connectivity index (χ1v) is 12.7. The van der Waals surface area contributed by atoms with Gasteiger partial charge in [0.15, 0.2) is 0 Å². The Morgan fingerprint density at radius 1 is 1.08 bits per heavy atom. The number of hydrogen-bond donors (Lipinski definition) is 2. The summed E-state index contributed by atoms with van der Waals surface area (Å²) in [5.41, 5.74) is 10.7. The van der Waals surface area contributed by atoms with Gasteiger partial charge in [0.25, 0.3) is 0 Å². The summed E-state index contributed by atoms with van der Waals surface area (Å²) in [4.78, 5) is 15.7. The van der Waals surface area contributed by atoms with Crippen LogP contribution >= 0.6 is 0 Å². The molecule has 1 aliphatic carbocycles. The fourth-order valence-electron chi connectivity index (χ4n) is 5.15. The SMILES string of the molecule is COc1ccc(OCc2c3cc(-c4cccc5c(N)nccc45)ccc3nn2C2CCC2)c(CC(=O)O)c1. The van der Waals surface area contributed by atoms with Gasteiger partial charge in [0.05, 0.1) is 30.8 Å². The summed E-state index contributed by atoms with van der Waals surface area (Å²) in [7, 11) is 1.56. The van der Waals surface area contributed by atoms with E-state index < -0.39 is 5.97 Å². The largest absolute Gasteiger partial charge is 0.497 e. The lowest BCUT2D eigenvalue weighted by molar-refractivity contribution is -0.136. The number of methoxy groups -OCH3 is 1. The number of aromatic nitrogens is 3. The molecule has 1 fully saturated rings. The maximum atomic E-state index is 11.5. The average Bonchev–Trinajstić information content (AvgIpc) is 3.23. The minimum Gasteiger partial charge on any atom is -0.497 e. The number of carboxylic acids is 1. The van der Waals surface area contributed by atoms with E-state index in [1.807, 2.05) is 18.2 Å². The van der Waals surface area contributed by atoms with Gasteiger partial charge in [-0.3, -0.25) is 9.48 Å². The maximum Gasteiger partial charge on any atom is 0.307 e. The van der Waals surface area contributed by atoms with E-state index in [9.17, 15) is 9.90 Å². The third kappa shape index (κ3) is 4.28. The molecule has 0 radical (unpaired) electrons. The molecule has 5 aromatic rings. The summed E-state index contributed by atoms with van der Waals surface area (Å²) >= 11 is 0. The molecule has 0 spiro atoms. The van der Waals surface area contributed by atoms with Crippen molar-refractivity contribution in [3.63, 3.8) is 0 Å². The molecule has 38 heavy (non-hydrogen) atoms. The van der Waals surface area contributed by atoms with Crippen molar-refractivity contribution in [2.75, 3.05) is 12.8 Å². The summed E-state index contributed by atoms with van der Waals surface area (Å²) in [5, 5.41) is 17.3. The van der Waals surface area contributed by atoms with Gasteiger partial charge in [-0.1, -0.05) is 24.3 Å². The van der Waals surface area contributed by atoms with Gasteiger partial charge in [0.1, 0.15) is 23.9 Å². The topological polar surface area (TPSA) is 112 Å². The number of nitrogen functional groups attached to an aromatic ring is 1. The third-order valence-electron chi connectivity index (χ3n) is 7.34. The van der Waals surface area contributed by atoms with Crippen molar-refractivity contribution in [2.45, 2.75) is 38.3 Å². The molecule has 8 nitrogen and oxygen atoms in total. The van der Waals surface area contributed by atoms with Crippen LogP contribution in [0.15, 0.2) is 66.9 Å². The molecule has 0 amide bonds. The van der Waals surface area contributed by atoms with E-state index in [1.165, 1.54) is 6.42 Å². The number of fused-ring (bicyclic) bond motifs is 2. The molecule has 1 saturated carbocycles. The van der Waals surface area contributed by atoms with E-state index in [2.05, 4.69) is 33.9 Å². The Kier molecular flexibility index (Phi) is 6.07. The number of aliphatic carboxylic acids is 1. The van der Waals surface area contributed by atoms with Gasteiger partial charge in [-0.25, -0.2) is 4.98 Å². The zero-order valence-electron chi connectivity index (χ0n) is 21.1. The number of carboxylic acid groups (broad SMARTS) is 1. The average molecular weight is 509 g/mol. The van der Waals surface area contributed by atoms with E-state index in [1.54, 1.807) is 31.5 Å². The smallest absolute Gasteiger partial charge is 0.307 e. The van der Waals surface area contributed by atoms with Crippen molar-refractivity contribution < 1.29 is 19.4 Å². The zero-order valence-corrected chi connectivity index (χ0v) is 21.1. The Bertz CT molecular complexity index is 1670. The molecule has 0 atom stereocenters. The number of rotatable bonds is 8. The van der Waals surface area contributed by atoms with Crippen LogP contribution in [0.5, 0.6) is 11.5 Å². The Labute approximate surface area is 219 Å². The number of anilines is 1. The fraction of sp³-hybridized carbons (Fsp3) is 0.233. The van der Waals surface area contributed by atoms with Gasteiger partial charge in [0, 0.05) is 22.5 Å². The molecule has 6 rings (SSSR count). The van der Waals surface area contributed by atoms with Crippen LogP contribution in [0.25, 0.3) is 32.8 Å². The van der Waals surface area contributed by atoms with Crippen LogP contribution in [0.1, 0.15) is 36.6 Å². The van der Waals surface area contributed by atoms with Gasteiger partial charge < -0.3 is 20.3 Å². The second-order valence-electron chi connectivity index (χ2n) is 9.64. The number of nitrogens with zero attached hydrogens (tertiary/aromatic N) is 3. The summed E-state index contributed by atoms with van der Waals surface area (Å²) in [6.45, 7) is 0.266. The van der Waals surface area contributed by atoms with Crippen molar-refractivity contribution >= 4 is 33.5 Å². The van der Waals surface area contributed by atoms with E-state index in [-0.39, 0.29) is 13.0 Å². The highest BCUT2D eigenvalue weighted by Crippen LogP contribution is 2.37. The lowest BCUT2D eigenvalue weighted by Gasteiger charge is -2.27. The molecule has 2 heterocycles. The molecule has 8 heteroatoms. The quantitative estimate of drug-likeness (QED) is 0.273. The molecule has 192 valence electrons. The normalized spacial score (nSPS) is 13.5. The summed E-state index contributed by atoms with van der Waals surface area (Å²) < 4.78 is 13.7. The highest BCUT2D eigenvalue weighted by Gasteiger charge is 2.25. The summed E-state index contributed by atoms with van der Waals surface area (Å²) in [5.74, 6) is 0.697. The van der Waals surface area contributed by atoms with Gasteiger partial charge in [-0.2, -0.15) is 5.10 Å². The minimum atomic E-state index is -0.927. The van der Waals surface area contributed by atoms with Crippen LogP contribution in [0.4, 0.5) is 5.82 Å². The van der Waals surface area contributed by atoms with Crippen molar-refractivity contribution in [1.29, 1.82) is 0 Å². The standard InChI is InChI=1S/C30H28N4O4/c1-37-21-9-11-28(19(14-21)16-29(35)36)38-17-27-25-15-18(8-10-26(25)33-34(27)20-4-2-5-20)22-6-3-7-24-23(22)12-13-32-30(24)31/h3,6-15,20H,2,4-5,16-17H2,1H3,(H2,31,32)(H,35,36). The number of hydrogen-bond acceptors (Lipinski definition) is 6. The Hall–Kier alpha value is -4.59. The van der Waals surface area contributed by atoms with Crippen LogP contribution < -0.4 is 15.2 Å². The highest BCUT2D eigenvalue weighted by atomic mass is 16.5. The first kappa shape index (κ1) is 23.8. The second kappa shape index (κ2) is 9.70. The van der Waals surface area contributed by atoms with Crippen molar-refractivity contribution in [1.82, 2.24) is 14.8 Å². The summed E-state index contributed by atoms with van der Waals surface area (Å²) in [6, 6.07) is 19.9. The van der Waals surface area contributed by atoms with E-state index in [4.69, 9.17) is 20.3 Å². The Morgan fingerprint density at radius 2 is 1.95 bits per heavy atom. The Balaban J connectivity index is 1.42. The van der Waals surface area contributed by atoms with Crippen LogP contribution in [-0.2, 0) is 17.8 Å². The van der Waals surface area contributed by atoms with E-state index in [0.717, 1.165) is 51.3 Å². The molecular formula is C30H28N4O4. The van der Waals surface area contributed by atoms with E-state index in [0.29, 0.717) is 28.9 Å². The number of nitrogens with two attached hydrogens (primary N) is 1. The molecule has 2 aromatic heterocycles. The molecule has 0 saturated heterocycles.